The van der Waals surface area contributed by atoms with Crippen molar-refractivity contribution in [1.29, 1.82) is 0 Å². The Morgan fingerprint density at radius 3 is 2.95 bits per heavy atom. The zero-order valence-corrected chi connectivity index (χ0v) is 15.0. The van der Waals surface area contributed by atoms with E-state index in [4.69, 9.17) is 0 Å². The van der Waals surface area contributed by atoms with E-state index in [1.165, 1.54) is 55.2 Å². The van der Waals surface area contributed by atoms with Crippen molar-refractivity contribution in [2.45, 2.75) is 58.0 Å². The molecule has 0 spiro atoms. The molecule has 2 nitrogen and oxygen atoms in total. The maximum atomic E-state index is 3.72. The Labute approximate surface area is 138 Å². The van der Waals surface area contributed by atoms with Crippen LogP contribution in [0.4, 0.5) is 0 Å². The summed E-state index contributed by atoms with van der Waals surface area (Å²) in [4.78, 5) is 2.67. The van der Waals surface area contributed by atoms with Gasteiger partial charge in [-0.05, 0) is 63.4 Å². The van der Waals surface area contributed by atoms with E-state index in [1.807, 2.05) is 0 Å². The van der Waals surface area contributed by atoms with Gasteiger partial charge in [-0.25, -0.2) is 0 Å². The number of nitrogens with one attached hydrogen (secondary N) is 1. The minimum Gasteiger partial charge on any atom is -0.310 e. The molecule has 21 heavy (non-hydrogen) atoms. The Hall–Kier alpha value is -0.380. The van der Waals surface area contributed by atoms with E-state index in [-0.39, 0.29) is 0 Å². The number of hydrogen-bond donors (Lipinski definition) is 1. The van der Waals surface area contributed by atoms with Crippen molar-refractivity contribution < 1.29 is 0 Å². The highest BCUT2D eigenvalue weighted by Crippen LogP contribution is 2.23. The highest BCUT2D eigenvalue weighted by Gasteiger charge is 2.20. The first-order valence-corrected chi connectivity index (χ1v) is 9.23. The minimum absolute atomic E-state index is 0.469. The molecule has 0 aromatic heterocycles. The van der Waals surface area contributed by atoms with Gasteiger partial charge in [0.25, 0.3) is 0 Å². The van der Waals surface area contributed by atoms with Crippen LogP contribution in [-0.2, 0) is 0 Å². The fraction of sp³-hybridized carbons (Fsp3) is 0.667. The molecule has 0 bridgehead atoms. The van der Waals surface area contributed by atoms with E-state index in [0.29, 0.717) is 6.04 Å². The highest BCUT2D eigenvalue weighted by atomic mass is 79.9. The van der Waals surface area contributed by atoms with E-state index >= 15 is 0 Å². The number of halogens is 1. The predicted molar refractivity (Wildman–Crippen MR) is 94.7 cm³/mol. The molecule has 118 valence electrons. The lowest BCUT2D eigenvalue weighted by Gasteiger charge is -2.34. The van der Waals surface area contributed by atoms with Crippen molar-refractivity contribution in [3.63, 3.8) is 0 Å². The molecule has 0 saturated carbocycles. The summed E-state index contributed by atoms with van der Waals surface area (Å²) in [6, 6.07) is 9.98. The Morgan fingerprint density at radius 2 is 2.24 bits per heavy atom. The molecular weight excluding hydrogens is 324 g/mol. The highest BCUT2D eigenvalue weighted by molar-refractivity contribution is 9.10. The van der Waals surface area contributed by atoms with E-state index in [2.05, 4.69) is 64.3 Å². The van der Waals surface area contributed by atoms with Crippen LogP contribution >= 0.6 is 15.9 Å². The summed E-state index contributed by atoms with van der Waals surface area (Å²) in [5.74, 6) is 0. The molecule has 2 rings (SSSR count). The van der Waals surface area contributed by atoms with Crippen LogP contribution in [0.25, 0.3) is 0 Å². The maximum Gasteiger partial charge on any atom is 0.0332 e. The summed E-state index contributed by atoms with van der Waals surface area (Å²) in [5.41, 5.74) is 1.41. The molecule has 1 aliphatic heterocycles. The van der Waals surface area contributed by atoms with Crippen molar-refractivity contribution in [3.8, 4) is 0 Å². The van der Waals surface area contributed by atoms with Crippen molar-refractivity contribution >= 4 is 15.9 Å². The van der Waals surface area contributed by atoms with Crippen molar-refractivity contribution in [1.82, 2.24) is 10.2 Å². The molecule has 1 saturated heterocycles. The Bertz CT molecular complexity index is 421. The van der Waals surface area contributed by atoms with Gasteiger partial charge in [0.2, 0.25) is 0 Å². The standard InChI is InChI=1S/C18H29BrN2/c1-3-11-20-18(16-8-6-9-17(19)14-16)10-13-21-12-5-4-7-15(21)2/h6,8-9,14-15,18,20H,3-5,7,10-13H2,1-2H3. The summed E-state index contributed by atoms with van der Waals surface area (Å²) < 4.78 is 1.18. The van der Waals surface area contributed by atoms with Crippen LogP contribution in [0.3, 0.4) is 0 Å². The van der Waals surface area contributed by atoms with Crippen LogP contribution in [0.15, 0.2) is 28.7 Å². The number of hydrogen-bond acceptors (Lipinski definition) is 2. The molecular formula is C18H29BrN2. The maximum absolute atomic E-state index is 3.72. The van der Waals surface area contributed by atoms with Crippen molar-refractivity contribution in [2.75, 3.05) is 19.6 Å². The first-order valence-electron chi connectivity index (χ1n) is 8.43. The quantitative estimate of drug-likeness (QED) is 0.761. The molecule has 0 radical (unpaired) electrons. The van der Waals surface area contributed by atoms with E-state index in [0.717, 1.165) is 12.6 Å². The number of benzene rings is 1. The zero-order chi connectivity index (χ0) is 15.1. The molecule has 2 atom stereocenters. The van der Waals surface area contributed by atoms with Crippen LogP contribution in [0.5, 0.6) is 0 Å². The SMILES string of the molecule is CCCNC(CCN1CCCCC1C)c1cccc(Br)c1. The molecule has 1 aromatic carbocycles. The van der Waals surface area contributed by atoms with Crippen LogP contribution in [0.2, 0.25) is 0 Å². The fourth-order valence-corrected chi connectivity index (χ4v) is 3.63. The van der Waals surface area contributed by atoms with Gasteiger partial charge in [-0.2, -0.15) is 0 Å². The largest absolute Gasteiger partial charge is 0.310 e. The number of nitrogens with zero attached hydrogens (tertiary/aromatic N) is 1. The molecule has 2 unspecified atom stereocenters. The summed E-state index contributed by atoms with van der Waals surface area (Å²) in [7, 11) is 0. The Morgan fingerprint density at radius 1 is 1.38 bits per heavy atom. The summed E-state index contributed by atoms with van der Waals surface area (Å²) in [6.07, 6.45) is 6.52. The van der Waals surface area contributed by atoms with Crippen molar-refractivity contribution in [3.05, 3.63) is 34.3 Å². The molecule has 3 heteroatoms. The van der Waals surface area contributed by atoms with Gasteiger partial charge >= 0.3 is 0 Å². The van der Waals surface area contributed by atoms with Gasteiger partial charge in [-0.15, -0.1) is 0 Å². The van der Waals surface area contributed by atoms with Gasteiger partial charge in [0.1, 0.15) is 0 Å². The monoisotopic (exact) mass is 352 g/mol. The van der Waals surface area contributed by atoms with Crippen LogP contribution in [0.1, 0.15) is 57.6 Å². The predicted octanol–water partition coefficient (Wildman–Crippen LogP) is 4.75. The lowest BCUT2D eigenvalue weighted by Crippen LogP contribution is -2.39. The average molecular weight is 353 g/mol. The minimum atomic E-state index is 0.469. The third kappa shape index (κ3) is 5.39. The summed E-state index contributed by atoms with van der Waals surface area (Å²) in [5, 5.41) is 3.72. The number of piperidine rings is 1. The summed E-state index contributed by atoms with van der Waals surface area (Å²) >= 11 is 3.60. The normalized spacial score (nSPS) is 21.4. The third-order valence-corrected chi connectivity index (χ3v) is 5.03. The molecule has 1 heterocycles. The van der Waals surface area contributed by atoms with E-state index in [1.54, 1.807) is 0 Å². The topological polar surface area (TPSA) is 15.3 Å². The van der Waals surface area contributed by atoms with Crippen LogP contribution in [0, 0.1) is 0 Å². The van der Waals surface area contributed by atoms with Crippen molar-refractivity contribution in [2.24, 2.45) is 0 Å². The molecule has 1 N–H and O–H groups in total. The van der Waals surface area contributed by atoms with Crippen LogP contribution in [-0.4, -0.2) is 30.6 Å². The number of likely N-dealkylation sites (tertiary alicyclic amines) is 1. The van der Waals surface area contributed by atoms with Gasteiger partial charge in [-0.3, -0.25) is 0 Å². The lowest BCUT2D eigenvalue weighted by atomic mass is 10.00. The second-order valence-electron chi connectivity index (χ2n) is 6.23. The third-order valence-electron chi connectivity index (χ3n) is 4.54. The number of rotatable bonds is 7. The summed E-state index contributed by atoms with van der Waals surface area (Å²) in [6.45, 7) is 8.19. The van der Waals surface area contributed by atoms with Gasteiger partial charge in [0, 0.05) is 23.1 Å². The Balaban J connectivity index is 1.95. The molecule has 1 aromatic rings. The van der Waals surface area contributed by atoms with Gasteiger partial charge in [0.15, 0.2) is 0 Å². The van der Waals surface area contributed by atoms with Gasteiger partial charge in [0.05, 0.1) is 0 Å². The molecule has 0 aliphatic carbocycles. The zero-order valence-electron chi connectivity index (χ0n) is 13.4. The molecule has 0 amide bonds. The first kappa shape index (κ1) is 17.0. The smallest absolute Gasteiger partial charge is 0.0332 e. The fourth-order valence-electron chi connectivity index (χ4n) is 3.21. The second-order valence-corrected chi connectivity index (χ2v) is 7.15. The van der Waals surface area contributed by atoms with Crippen LogP contribution < -0.4 is 5.32 Å². The van der Waals surface area contributed by atoms with Gasteiger partial charge in [-0.1, -0.05) is 41.4 Å². The molecule has 1 aliphatic rings. The van der Waals surface area contributed by atoms with E-state index in [9.17, 15) is 0 Å². The molecule has 1 fully saturated rings. The lowest BCUT2D eigenvalue weighted by molar-refractivity contribution is 0.153. The average Bonchev–Trinajstić information content (AvgIpc) is 2.49. The Kier molecular flexibility index (Phi) is 7.21. The van der Waals surface area contributed by atoms with E-state index < -0.39 is 0 Å². The second kappa shape index (κ2) is 8.92. The first-order chi connectivity index (χ1) is 10.2. The van der Waals surface area contributed by atoms with Gasteiger partial charge < -0.3 is 10.2 Å².